The number of carbonyl (C=O) groups excluding carboxylic acids is 3. The third-order valence-electron chi connectivity index (χ3n) is 10.6. The predicted molar refractivity (Wildman–Crippen MR) is 197 cm³/mol. The van der Waals surface area contributed by atoms with Crippen molar-refractivity contribution in [3.63, 3.8) is 0 Å². The normalized spacial score (nSPS) is 15.3. The number of amides is 3. The molecule has 55 heavy (non-hydrogen) atoms. The largest absolute Gasteiger partial charge is 0.481 e. The number of nitrogens with one attached hydrogen (secondary N) is 3. The molecule has 0 radical (unpaired) electrons. The molecule has 0 saturated heterocycles. The molecule has 3 amide bonds. The van der Waals surface area contributed by atoms with Gasteiger partial charge in [0.05, 0.1) is 83.1 Å². The highest BCUT2D eigenvalue weighted by Gasteiger charge is 2.57. The molecule has 0 aliphatic carbocycles. The van der Waals surface area contributed by atoms with Gasteiger partial charge in [0.2, 0.25) is 17.7 Å². The fraction of sp³-hybridized carbons (Fsp3) is 0.579. The van der Waals surface area contributed by atoms with Gasteiger partial charge >= 0.3 is 5.97 Å². The fourth-order valence-electron chi connectivity index (χ4n) is 6.87. The monoisotopic (exact) mass is 779 g/mol. The molecule has 17 heteroatoms. The van der Waals surface area contributed by atoms with Gasteiger partial charge in [-0.2, -0.15) is 0 Å². The third-order valence-corrected chi connectivity index (χ3v) is 10.6. The number of hydrogen-bond donors (Lipinski definition) is 13. The zero-order valence-electron chi connectivity index (χ0n) is 31.3. The van der Waals surface area contributed by atoms with Gasteiger partial charge in [-0.3, -0.25) is 19.2 Å². The standard InChI is InChI=1S/C38H57N3O14/c1-4-26(24-11-7-5-8-12-24)27(34(54)55)28(31(51)39-36(15-42,16-43)17-44)29(32(52)40-37(18-45,19-46)20-47)30(33(53)41-38(21-48,22-49)23-50)35(2,3)25-13-9-6-10-14-25/h5-14,26-30,42-50H,4,15-23H2,1-3H3,(H,39,51)(H,40,52)(H,41,53)(H,54,55). The van der Waals surface area contributed by atoms with E-state index in [1.807, 2.05) is 0 Å². The van der Waals surface area contributed by atoms with Crippen LogP contribution in [0.3, 0.4) is 0 Å². The zero-order valence-corrected chi connectivity index (χ0v) is 31.3. The highest BCUT2D eigenvalue weighted by Crippen LogP contribution is 2.46. The maximum atomic E-state index is 15.0. The van der Waals surface area contributed by atoms with Crippen molar-refractivity contribution in [1.82, 2.24) is 16.0 Å². The van der Waals surface area contributed by atoms with Crippen LogP contribution < -0.4 is 16.0 Å². The van der Waals surface area contributed by atoms with Crippen molar-refractivity contribution in [3.8, 4) is 0 Å². The topological polar surface area (TPSA) is 307 Å². The first-order valence-corrected chi connectivity index (χ1v) is 17.8. The molecule has 0 aliphatic heterocycles. The number of carboxylic acids is 1. The molecule has 0 heterocycles. The average molecular weight is 780 g/mol. The van der Waals surface area contributed by atoms with E-state index in [9.17, 15) is 65.4 Å². The SMILES string of the molecule is CCC(c1ccccc1)C(C(=O)O)C(C(=O)NC(CO)(CO)CO)C(C(=O)NC(CO)(CO)CO)C(C(=O)NC(CO)(CO)CO)C(C)(C)c1ccccc1. The van der Waals surface area contributed by atoms with Crippen LogP contribution >= 0.6 is 0 Å². The maximum absolute atomic E-state index is 15.0. The average Bonchev–Trinajstić information content (AvgIpc) is 3.20. The third kappa shape index (κ3) is 10.6. The summed E-state index contributed by atoms with van der Waals surface area (Å²) >= 11 is 0. The van der Waals surface area contributed by atoms with Gasteiger partial charge in [-0.25, -0.2) is 0 Å². The summed E-state index contributed by atoms with van der Waals surface area (Å²) in [6.45, 7) is -4.78. The van der Waals surface area contributed by atoms with Crippen LogP contribution in [0.25, 0.3) is 0 Å². The summed E-state index contributed by atoms with van der Waals surface area (Å²) in [5, 5.41) is 110. The number of benzene rings is 2. The van der Waals surface area contributed by atoms with Crippen LogP contribution in [0, 0.1) is 23.7 Å². The number of rotatable bonds is 24. The van der Waals surface area contributed by atoms with E-state index in [1.165, 1.54) is 13.8 Å². The Hall–Kier alpha value is -4.04. The van der Waals surface area contributed by atoms with E-state index in [-0.39, 0.29) is 6.42 Å². The second kappa shape index (κ2) is 20.8. The highest BCUT2D eigenvalue weighted by atomic mass is 16.4. The maximum Gasteiger partial charge on any atom is 0.307 e. The summed E-state index contributed by atoms with van der Waals surface area (Å²) in [7, 11) is 0. The lowest BCUT2D eigenvalue weighted by Gasteiger charge is -2.46. The van der Waals surface area contributed by atoms with E-state index in [0.29, 0.717) is 11.1 Å². The van der Waals surface area contributed by atoms with Crippen LogP contribution in [-0.2, 0) is 24.6 Å². The molecule has 17 nitrogen and oxygen atoms in total. The smallest absolute Gasteiger partial charge is 0.307 e. The Morgan fingerprint density at radius 3 is 1.22 bits per heavy atom. The quantitative estimate of drug-likeness (QED) is 0.0513. The fourth-order valence-corrected chi connectivity index (χ4v) is 6.87. The number of hydrogen-bond acceptors (Lipinski definition) is 13. The van der Waals surface area contributed by atoms with Gasteiger partial charge in [-0.1, -0.05) is 81.4 Å². The summed E-state index contributed by atoms with van der Waals surface area (Å²) in [6, 6.07) is 16.2. The Kier molecular flexibility index (Phi) is 17.8. The summed E-state index contributed by atoms with van der Waals surface area (Å²) in [5.41, 5.74) is -7.29. The van der Waals surface area contributed by atoms with Gasteiger partial charge in [0.1, 0.15) is 16.6 Å². The van der Waals surface area contributed by atoms with Crippen LogP contribution in [-0.4, -0.2) is 151 Å². The Labute approximate surface area is 319 Å². The molecule has 2 rings (SSSR count). The first-order valence-electron chi connectivity index (χ1n) is 17.8. The summed E-state index contributed by atoms with van der Waals surface area (Å²) in [4.78, 5) is 58.5. The second-order valence-corrected chi connectivity index (χ2v) is 14.6. The molecule has 5 atom stereocenters. The van der Waals surface area contributed by atoms with E-state index in [4.69, 9.17) is 0 Å². The zero-order chi connectivity index (χ0) is 41.6. The van der Waals surface area contributed by atoms with E-state index in [0.717, 1.165) is 0 Å². The van der Waals surface area contributed by atoms with Crippen molar-refractivity contribution in [1.29, 1.82) is 0 Å². The van der Waals surface area contributed by atoms with Crippen molar-refractivity contribution < 1.29 is 70.2 Å². The molecule has 0 aromatic heterocycles. The Balaban J connectivity index is 3.28. The minimum Gasteiger partial charge on any atom is -0.481 e. The lowest BCUT2D eigenvalue weighted by atomic mass is 9.59. The molecule has 2 aromatic carbocycles. The minimum atomic E-state index is -2.19. The molecule has 0 fully saturated rings. The Morgan fingerprint density at radius 2 is 0.873 bits per heavy atom. The molecule has 0 aliphatic rings. The number of carboxylic acid groups (broad SMARTS) is 1. The van der Waals surface area contributed by atoms with Crippen molar-refractivity contribution in [2.75, 3.05) is 59.5 Å². The van der Waals surface area contributed by atoms with Gasteiger partial charge in [0, 0.05) is 5.41 Å². The molecule has 2 aromatic rings. The Morgan fingerprint density at radius 1 is 0.527 bits per heavy atom. The van der Waals surface area contributed by atoms with Crippen LogP contribution in [0.5, 0.6) is 0 Å². The van der Waals surface area contributed by atoms with Gasteiger partial charge in [-0.05, 0) is 23.5 Å². The first kappa shape index (κ1) is 47.1. The molecule has 13 N–H and O–H groups in total. The summed E-state index contributed by atoms with van der Waals surface area (Å²) in [5.74, 6) is -14.7. The number of aliphatic carboxylic acids is 1. The van der Waals surface area contributed by atoms with Crippen molar-refractivity contribution in [3.05, 3.63) is 71.8 Å². The van der Waals surface area contributed by atoms with E-state index >= 15 is 4.79 Å². The van der Waals surface area contributed by atoms with Crippen LogP contribution in [0.15, 0.2) is 60.7 Å². The molecular formula is C38H57N3O14. The van der Waals surface area contributed by atoms with Crippen molar-refractivity contribution >= 4 is 23.7 Å². The lowest BCUT2D eigenvalue weighted by molar-refractivity contribution is -0.159. The van der Waals surface area contributed by atoms with E-state index in [1.54, 1.807) is 67.6 Å². The number of aliphatic hydroxyl groups is 9. The van der Waals surface area contributed by atoms with Crippen LogP contribution in [0.2, 0.25) is 0 Å². The first-order chi connectivity index (χ1) is 26.0. The number of aliphatic hydroxyl groups excluding tert-OH is 9. The minimum absolute atomic E-state index is 0.0414. The van der Waals surface area contributed by atoms with Crippen molar-refractivity contribution in [2.45, 2.75) is 55.1 Å². The van der Waals surface area contributed by atoms with Crippen LogP contribution in [0.4, 0.5) is 0 Å². The van der Waals surface area contributed by atoms with Gasteiger partial charge < -0.3 is 67.0 Å². The molecule has 308 valence electrons. The second-order valence-electron chi connectivity index (χ2n) is 14.6. The highest BCUT2D eigenvalue weighted by molar-refractivity contribution is 5.96. The number of carbonyl (C=O) groups is 4. The summed E-state index contributed by atoms with van der Waals surface area (Å²) in [6.07, 6.45) is 0.0414. The molecule has 0 bridgehead atoms. The Bertz CT molecular complexity index is 1490. The lowest BCUT2D eigenvalue weighted by Crippen LogP contribution is -2.67. The van der Waals surface area contributed by atoms with E-state index < -0.39 is 135 Å². The van der Waals surface area contributed by atoms with Gasteiger partial charge in [0.15, 0.2) is 0 Å². The van der Waals surface area contributed by atoms with Crippen LogP contribution in [0.1, 0.15) is 44.2 Å². The molecule has 5 unspecified atom stereocenters. The molecular weight excluding hydrogens is 722 g/mol. The molecule has 0 saturated carbocycles. The van der Waals surface area contributed by atoms with E-state index in [2.05, 4.69) is 16.0 Å². The predicted octanol–water partition coefficient (Wildman–Crippen LogP) is -2.80. The summed E-state index contributed by atoms with van der Waals surface area (Å²) < 4.78 is 0. The molecule has 0 spiro atoms. The van der Waals surface area contributed by atoms with Gasteiger partial charge in [-0.15, -0.1) is 0 Å². The van der Waals surface area contributed by atoms with Gasteiger partial charge in [0.25, 0.3) is 0 Å². The van der Waals surface area contributed by atoms with Crippen molar-refractivity contribution in [2.24, 2.45) is 23.7 Å².